The van der Waals surface area contributed by atoms with E-state index in [1.54, 1.807) is 17.9 Å². The molecule has 1 saturated carbocycles. The number of rotatable bonds is 7. The number of likely N-dealkylation sites (N-methyl/N-ethyl adjacent to an activating group) is 1. The molecule has 0 aliphatic heterocycles. The fourth-order valence-electron chi connectivity index (χ4n) is 3.20. The Bertz CT molecular complexity index is 802. The van der Waals surface area contributed by atoms with Crippen molar-refractivity contribution in [1.82, 2.24) is 4.90 Å². The summed E-state index contributed by atoms with van der Waals surface area (Å²) in [6.45, 7) is 2.30. The lowest BCUT2D eigenvalue weighted by Crippen LogP contribution is -2.34. The van der Waals surface area contributed by atoms with Crippen molar-refractivity contribution in [3.05, 3.63) is 65.7 Å². The number of nitrogens with zero attached hydrogens (tertiary/aromatic N) is 1. The first-order valence-corrected chi connectivity index (χ1v) is 9.60. The van der Waals surface area contributed by atoms with Crippen LogP contribution in [0.5, 0.6) is 0 Å². The number of amides is 1. The second kappa shape index (κ2) is 7.54. The Kier molecular flexibility index (Phi) is 5.37. The summed E-state index contributed by atoms with van der Waals surface area (Å²) in [7, 11) is 1.83. The summed E-state index contributed by atoms with van der Waals surface area (Å²) in [6.07, 6.45) is 2.17. The van der Waals surface area contributed by atoms with Gasteiger partial charge < -0.3 is 10.0 Å². The van der Waals surface area contributed by atoms with Gasteiger partial charge in [-0.15, -0.1) is 11.8 Å². The summed E-state index contributed by atoms with van der Waals surface area (Å²) < 4.78 is 0. The first-order valence-electron chi connectivity index (χ1n) is 8.72. The topological polar surface area (TPSA) is 57.6 Å². The molecule has 1 N–H and O–H groups in total. The Morgan fingerprint density at radius 3 is 2.35 bits per heavy atom. The molecular weight excluding hydrogens is 346 g/mol. The number of carboxylic acids is 1. The SMILES string of the molecule is CC(Sc1ccccc1C(=O)N(C)CC1(c2ccccc2)CC1)C(=O)O. The maximum atomic E-state index is 13.0. The lowest BCUT2D eigenvalue weighted by atomic mass is 9.95. The van der Waals surface area contributed by atoms with Gasteiger partial charge in [-0.3, -0.25) is 9.59 Å². The van der Waals surface area contributed by atoms with Crippen molar-refractivity contribution in [1.29, 1.82) is 0 Å². The van der Waals surface area contributed by atoms with Crippen molar-refractivity contribution in [3.63, 3.8) is 0 Å². The second-order valence-corrected chi connectivity index (χ2v) is 8.28. The van der Waals surface area contributed by atoms with Crippen LogP contribution in [0, 0.1) is 0 Å². The van der Waals surface area contributed by atoms with Crippen LogP contribution in [-0.2, 0) is 10.2 Å². The van der Waals surface area contributed by atoms with Crippen molar-refractivity contribution in [2.24, 2.45) is 0 Å². The Balaban J connectivity index is 1.76. The molecule has 1 fully saturated rings. The number of benzene rings is 2. The molecule has 0 aromatic heterocycles. The summed E-state index contributed by atoms with van der Waals surface area (Å²) in [4.78, 5) is 26.7. The van der Waals surface area contributed by atoms with E-state index < -0.39 is 11.2 Å². The highest BCUT2D eigenvalue weighted by Crippen LogP contribution is 2.48. The molecule has 4 nitrogen and oxygen atoms in total. The minimum Gasteiger partial charge on any atom is -0.480 e. The number of carboxylic acid groups (broad SMARTS) is 1. The van der Waals surface area contributed by atoms with Crippen LogP contribution in [0.1, 0.15) is 35.7 Å². The summed E-state index contributed by atoms with van der Waals surface area (Å²) in [5, 5.41) is 8.55. The van der Waals surface area contributed by atoms with Gasteiger partial charge in [-0.2, -0.15) is 0 Å². The summed E-state index contributed by atoms with van der Waals surface area (Å²) in [5.74, 6) is -0.945. The molecule has 1 unspecified atom stereocenters. The lowest BCUT2D eigenvalue weighted by molar-refractivity contribution is -0.136. The number of hydrogen-bond donors (Lipinski definition) is 1. The normalized spacial score (nSPS) is 15.9. The zero-order chi connectivity index (χ0) is 18.7. The van der Waals surface area contributed by atoms with Crippen LogP contribution in [0.2, 0.25) is 0 Å². The van der Waals surface area contributed by atoms with Crippen LogP contribution in [0.4, 0.5) is 0 Å². The average Bonchev–Trinajstić information content (AvgIpc) is 3.43. The molecule has 1 aliphatic carbocycles. The van der Waals surface area contributed by atoms with Crippen LogP contribution in [0.25, 0.3) is 0 Å². The maximum Gasteiger partial charge on any atom is 0.316 e. The molecule has 0 heterocycles. The van der Waals surface area contributed by atoms with Gasteiger partial charge >= 0.3 is 5.97 Å². The van der Waals surface area contributed by atoms with Gasteiger partial charge in [0, 0.05) is 23.9 Å². The number of aliphatic carboxylic acids is 1. The molecule has 26 heavy (non-hydrogen) atoms. The van der Waals surface area contributed by atoms with Crippen molar-refractivity contribution < 1.29 is 14.7 Å². The quantitative estimate of drug-likeness (QED) is 0.748. The van der Waals surface area contributed by atoms with E-state index in [0.29, 0.717) is 17.0 Å². The molecule has 1 amide bonds. The summed E-state index contributed by atoms with van der Waals surface area (Å²) >= 11 is 1.21. The average molecular weight is 369 g/mol. The third-order valence-electron chi connectivity index (χ3n) is 4.90. The van der Waals surface area contributed by atoms with Gasteiger partial charge in [-0.1, -0.05) is 42.5 Å². The Morgan fingerprint density at radius 1 is 1.12 bits per heavy atom. The Morgan fingerprint density at radius 2 is 1.73 bits per heavy atom. The van der Waals surface area contributed by atoms with Crippen LogP contribution >= 0.6 is 11.8 Å². The van der Waals surface area contributed by atoms with E-state index in [1.165, 1.54) is 17.3 Å². The molecule has 0 radical (unpaired) electrons. The zero-order valence-corrected chi connectivity index (χ0v) is 15.8. The number of carbonyl (C=O) groups excluding carboxylic acids is 1. The minimum atomic E-state index is -0.883. The van der Waals surface area contributed by atoms with E-state index in [4.69, 9.17) is 5.11 Å². The number of thioether (sulfide) groups is 1. The molecule has 0 spiro atoms. The molecule has 1 atom stereocenters. The van der Waals surface area contributed by atoms with E-state index in [2.05, 4.69) is 12.1 Å². The van der Waals surface area contributed by atoms with E-state index in [0.717, 1.165) is 12.8 Å². The molecule has 2 aromatic rings. The largest absolute Gasteiger partial charge is 0.480 e. The predicted molar refractivity (Wildman–Crippen MR) is 104 cm³/mol. The van der Waals surface area contributed by atoms with Crippen LogP contribution < -0.4 is 0 Å². The fraction of sp³-hybridized carbons (Fsp3) is 0.333. The first-order chi connectivity index (χ1) is 12.4. The second-order valence-electron chi connectivity index (χ2n) is 6.90. The Hall–Kier alpha value is -2.27. The first kappa shape index (κ1) is 18.5. The number of carbonyl (C=O) groups is 2. The third-order valence-corrected chi connectivity index (χ3v) is 6.06. The monoisotopic (exact) mass is 369 g/mol. The van der Waals surface area contributed by atoms with Gasteiger partial charge in [-0.05, 0) is 37.5 Å². The molecule has 0 saturated heterocycles. The van der Waals surface area contributed by atoms with Gasteiger partial charge in [0.05, 0.1) is 5.56 Å². The number of hydrogen-bond acceptors (Lipinski definition) is 3. The highest BCUT2D eigenvalue weighted by Gasteiger charge is 2.45. The van der Waals surface area contributed by atoms with E-state index in [1.807, 2.05) is 43.4 Å². The van der Waals surface area contributed by atoms with Gasteiger partial charge in [0.1, 0.15) is 5.25 Å². The molecule has 2 aromatic carbocycles. The standard InChI is InChI=1S/C21H23NO3S/c1-15(20(24)25)26-18-11-7-6-10-17(18)19(23)22(2)14-21(12-13-21)16-8-4-3-5-9-16/h3-11,15H,12-14H2,1-2H3,(H,24,25). The molecule has 0 bridgehead atoms. The minimum absolute atomic E-state index is 0.0577. The van der Waals surface area contributed by atoms with Crippen molar-refractivity contribution in [2.75, 3.05) is 13.6 Å². The summed E-state index contributed by atoms with van der Waals surface area (Å²) in [6, 6.07) is 17.6. The predicted octanol–water partition coefficient (Wildman–Crippen LogP) is 4.06. The van der Waals surface area contributed by atoms with Gasteiger partial charge in [0.15, 0.2) is 0 Å². The van der Waals surface area contributed by atoms with Crippen molar-refractivity contribution >= 4 is 23.6 Å². The lowest BCUT2D eigenvalue weighted by Gasteiger charge is -2.25. The highest BCUT2D eigenvalue weighted by atomic mass is 32.2. The zero-order valence-electron chi connectivity index (χ0n) is 15.0. The fourth-order valence-corrected chi connectivity index (χ4v) is 4.12. The molecular formula is C21H23NO3S. The van der Waals surface area contributed by atoms with Crippen LogP contribution in [0.3, 0.4) is 0 Å². The van der Waals surface area contributed by atoms with E-state index in [9.17, 15) is 9.59 Å². The molecule has 136 valence electrons. The third kappa shape index (κ3) is 3.93. The smallest absolute Gasteiger partial charge is 0.316 e. The van der Waals surface area contributed by atoms with Crippen LogP contribution in [0.15, 0.2) is 59.5 Å². The van der Waals surface area contributed by atoms with Gasteiger partial charge in [0.2, 0.25) is 0 Å². The highest BCUT2D eigenvalue weighted by molar-refractivity contribution is 8.00. The van der Waals surface area contributed by atoms with E-state index >= 15 is 0 Å². The van der Waals surface area contributed by atoms with Gasteiger partial charge in [0.25, 0.3) is 5.91 Å². The van der Waals surface area contributed by atoms with Gasteiger partial charge in [-0.25, -0.2) is 0 Å². The molecule has 1 aliphatic rings. The van der Waals surface area contributed by atoms with Crippen LogP contribution in [-0.4, -0.2) is 40.7 Å². The maximum absolute atomic E-state index is 13.0. The summed E-state index contributed by atoms with van der Waals surface area (Å²) in [5.41, 5.74) is 1.90. The van der Waals surface area contributed by atoms with Crippen molar-refractivity contribution in [3.8, 4) is 0 Å². The molecule has 5 heteroatoms. The van der Waals surface area contributed by atoms with E-state index in [-0.39, 0.29) is 11.3 Å². The molecule has 3 rings (SSSR count). The Labute approximate surface area is 158 Å². The van der Waals surface area contributed by atoms with Crippen molar-refractivity contribution in [2.45, 2.75) is 35.3 Å².